The number of carbonyl (C=O) groups is 2. The Labute approximate surface area is 95.2 Å². The van der Waals surface area contributed by atoms with E-state index >= 15 is 0 Å². The number of carbonyl (C=O) groups excluding carboxylic acids is 2. The number of hydrogen-bond donors (Lipinski definition) is 1. The van der Waals surface area contributed by atoms with E-state index in [0.717, 1.165) is 11.3 Å². The van der Waals surface area contributed by atoms with Gasteiger partial charge in [0.25, 0.3) is 0 Å². The van der Waals surface area contributed by atoms with Crippen molar-refractivity contribution in [1.29, 1.82) is 0 Å². The van der Waals surface area contributed by atoms with Crippen LogP contribution in [0.1, 0.15) is 26.3 Å². The molecule has 0 fully saturated rings. The molecule has 1 rings (SSSR count). The van der Waals surface area contributed by atoms with Gasteiger partial charge in [0.1, 0.15) is 0 Å². The largest absolute Gasteiger partial charge is 0.326 e. The average molecular weight is 217 g/mol. The van der Waals surface area contributed by atoms with Crippen molar-refractivity contribution in [3.63, 3.8) is 0 Å². The molecule has 1 amide bonds. The molecule has 0 bridgehead atoms. The van der Waals surface area contributed by atoms with Gasteiger partial charge in [-0.3, -0.25) is 9.59 Å². The summed E-state index contributed by atoms with van der Waals surface area (Å²) in [5, 5.41) is 2.68. The quantitative estimate of drug-likeness (QED) is 0.791. The molecule has 1 aromatic carbocycles. The zero-order valence-electron chi connectivity index (χ0n) is 9.70. The molecule has 0 saturated carbocycles. The Balaban J connectivity index is 2.83. The number of ketones is 1. The summed E-state index contributed by atoms with van der Waals surface area (Å²) in [6.07, 6.45) is 1.82. The molecule has 0 aromatic heterocycles. The van der Waals surface area contributed by atoms with Crippen LogP contribution in [-0.4, -0.2) is 11.7 Å². The lowest BCUT2D eigenvalue weighted by atomic mass is 10.1. The van der Waals surface area contributed by atoms with Crippen LogP contribution in [0.4, 0.5) is 5.69 Å². The average Bonchev–Trinajstić information content (AvgIpc) is 2.20. The molecule has 0 unspecified atom stereocenters. The van der Waals surface area contributed by atoms with Gasteiger partial charge in [0.15, 0.2) is 5.78 Å². The van der Waals surface area contributed by atoms with Gasteiger partial charge in [-0.25, -0.2) is 0 Å². The summed E-state index contributed by atoms with van der Waals surface area (Å²) in [4.78, 5) is 21.8. The van der Waals surface area contributed by atoms with Crippen LogP contribution in [0.3, 0.4) is 0 Å². The summed E-state index contributed by atoms with van der Waals surface area (Å²) in [6, 6.07) is 7.33. The number of nitrogens with one attached hydrogen (secondary N) is 1. The van der Waals surface area contributed by atoms with E-state index in [2.05, 4.69) is 5.32 Å². The summed E-state index contributed by atoms with van der Waals surface area (Å²) in [7, 11) is 0. The Kier molecular flexibility index (Phi) is 4.00. The predicted octanol–water partition coefficient (Wildman–Crippen LogP) is 2.64. The Morgan fingerprint density at radius 2 is 1.62 bits per heavy atom. The first-order valence-electron chi connectivity index (χ1n) is 5.06. The second-order valence-electron chi connectivity index (χ2n) is 3.69. The second kappa shape index (κ2) is 5.26. The van der Waals surface area contributed by atoms with Crippen molar-refractivity contribution < 1.29 is 9.59 Å². The van der Waals surface area contributed by atoms with Crippen LogP contribution in [0.2, 0.25) is 0 Å². The number of benzene rings is 1. The highest BCUT2D eigenvalue weighted by Gasteiger charge is 1.98. The zero-order chi connectivity index (χ0) is 12.1. The molecular weight excluding hydrogens is 202 g/mol. The van der Waals surface area contributed by atoms with Crippen molar-refractivity contribution >= 4 is 23.5 Å². The minimum absolute atomic E-state index is 0.0611. The Bertz CT molecular complexity index is 430. The fourth-order valence-electron chi connectivity index (χ4n) is 1.22. The van der Waals surface area contributed by atoms with Crippen molar-refractivity contribution in [3.8, 4) is 0 Å². The van der Waals surface area contributed by atoms with E-state index < -0.39 is 0 Å². The smallest absolute Gasteiger partial charge is 0.221 e. The number of rotatable bonds is 3. The van der Waals surface area contributed by atoms with Gasteiger partial charge in [-0.05, 0) is 43.2 Å². The van der Waals surface area contributed by atoms with E-state index in [4.69, 9.17) is 0 Å². The third-order valence-corrected chi connectivity index (χ3v) is 2.17. The van der Waals surface area contributed by atoms with E-state index in [0.29, 0.717) is 5.57 Å². The van der Waals surface area contributed by atoms with E-state index in [-0.39, 0.29) is 11.7 Å². The number of Topliss-reactive ketones (excluding diaryl/α,β-unsaturated/α-hetero) is 1. The van der Waals surface area contributed by atoms with Crippen LogP contribution in [0.15, 0.2) is 29.8 Å². The molecule has 3 nitrogen and oxygen atoms in total. The molecule has 1 aromatic rings. The summed E-state index contributed by atoms with van der Waals surface area (Å²) < 4.78 is 0. The molecule has 84 valence electrons. The fraction of sp³-hybridized carbons (Fsp3) is 0.231. The molecule has 0 spiro atoms. The third kappa shape index (κ3) is 3.69. The van der Waals surface area contributed by atoms with Crippen LogP contribution in [-0.2, 0) is 9.59 Å². The van der Waals surface area contributed by atoms with Crippen molar-refractivity contribution in [1.82, 2.24) is 0 Å². The van der Waals surface area contributed by atoms with Gasteiger partial charge in [0.05, 0.1) is 0 Å². The Morgan fingerprint density at radius 3 is 2.06 bits per heavy atom. The van der Waals surface area contributed by atoms with Crippen LogP contribution >= 0.6 is 0 Å². The molecule has 16 heavy (non-hydrogen) atoms. The van der Waals surface area contributed by atoms with Crippen molar-refractivity contribution in [2.24, 2.45) is 0 Å². The number of allylic oxidation sites excluding steroid dienone is 1. The lowest BCUT2D eigenvalue weighted by Gasteiger charge is -2.02. The molecule has 3 heteroatoms. The van der Waals surface area contributed by atoms with Gasteiger partial charge in [0, 0.05) is 12.6 Å². The van der Waals surface area contributed by atoms with Crippen molar-refractivity contribution in [2.75, 3.05) is 5.32 Å². The van der Waals surface area contributed by atoms with Crippen LogP contribution in [0.25, 0.3) is 6.08 Å². The van der Waals surface area contributed by atoms with Gasteiger partial charge in [-0.2, -0.15) is 0 Å². The second-order valence-corrected chi connectivity index (χ2v) is 3.69. The van der Waals surface area contributed by atoms with Crippen LogP contribution in [0, 0.1) is 0 Å². The first-order chi connectivity index (χ1) is 7.49. The maximum atomic E-state index is 11.0. The zero-order valence-corrected chi connectivity index (χ0v) is 9.70. The van der Waals surface area contributed by atoms with Gasteiger partial charge in [-0.15, -0.1) is 0 Å². The molecule has 0 aliphatic rings. The lowest BCUT2D eigenvalue weighted by molar-refractivity contribution is -0.114. The van der Waals surface area contributed by atoms with Gasteiger partial charge >= 0.3 is 0 Å². The van der Waals surface area contributed by atoms with E-state index in [1.807, 2.05) is 18.2 Å². The molecular formula is C13H15NO2. The highest BCUT2D eigenvalue weighted by atomic mass is 16.1. The Morgan fingerprint density at radius 1 is 1.06 bits per heavy atom. The summed E-state index contributed by atoms with van der Waals surface area (Å²) in [6.45, 7) is 4.79. The van der Waals surface area contributed by atoms with Crippen molar-refractivity contribution in [2.45, 2.75) is 20.8 Å². The van der Waals surface area contributed by atoms with Crippen molar-refractivity contribution in [3.05, 3.63) is 35.4 Å². The molecule has 0 atom stereocenters. The molecule has 1 N–H and O–H groups in total. The van der Waals surface area contributed by atoms with Gasteiger partial charge in [0.2, 0.25) is 5.91 Å². The van der Waals surface area contributed by atoms with Crippen LogP contribution in [0.5, 0.6) is 0 Å². The molecule has 0 aliphatic carbocycles. The maximum Gasteiger partial charge on any atom is 0.221 e. The standard InChI is InChI=1S/C13H15NO2/c1-9(10(2)15)8-12-4-6-13(7-5-12)14-11(3)16/h4-8H,1-3H3,(H,14,16)/b9-8-. The topological polar surface area (TPSA) is 46.2 Å². The molecule has 0 heterocycles. The van der Waals surface area contributed by atoms with Gasteiger partial charge in [-0.1, -0.05) is 12.1 Å². The minimum atomic E-state index is -0.0943. The van der Waals surface area contributed by atoms with E-state index in [9.17, 15) is 9.59 Å². The molecule has 0 aliphatic heterocycles. The summed E-state index contributed by atoms with van der Waals surface area (Å²) in [5.41, 5.74) is 2.42. The van der Waals surface area contributed by atoms with Crippen LogP contribution < -0.4 is 5.32 Å². The van der Waals surface area contributed by atoms with E-state index in [1.165, 1.54) is 13.8 Å². The molecule has 0 radical (unpaired) electrons. The van der Waals surface area contributed by atoms with E-state index in [1.54, 1.807) is 19.1 Å². The number of amides is 1. The number of anilines is 1. The summed E-state index contributed by atoms with van der Waals surface area (Å²) >= 11 is 0. The monoisotopic (exact) mass is 217 g/mol. The first kappa shape index (κ1) is 12.2. The highest BCUT2D eigenvalue weighted by Crippen LogP contribution is 2.12. The van der Waals surface area contributed by atoms with Gasteiger partial charge < -0.3 is 5.32 Å². The minimum Gasteiger partial charge on any atom is -0.326 e. The Hall–Kier alpha value is -1.90. The SMILES string of the molecule is CC(=O)Nc1ccc(/C=C(/C)C(C)=O)cc1. The highest BCUT2D eigenvalue weighted by molar-refractivity contribution is 5.97. The molecule has 0 saturated heterocycles. The number of hydrogen-bond acceptors (Lipinski definition) is 2. The fourth-order valence-corrected chi connectivity index (χ4v) is 1.22. The summed E-state index contributed by atoms with van der Waals surface area (Å²) in [5.74, 6) is -0.0332. The normalized spacial score (nSPS) is 11.1. The lowest BCUT2D eigenvalue weighted by Crippen LogP contribution is -2.05. The predicted molar refractivity (Wildman–Crippen MR) is 65.1 cm³/mol. The first-order valence-corrected chi connectivity index (χ1v) is 5.06. The maximum absolute atomic E-state index is 11.0. The third-order valence-electron chi connectivity index (χ3n) is 2.17.